The molecule has 0 aliphatic heterocycles. The molecule has 0 fully saturated rings. The topological polar surface area (TPSA) is 63.6 Å². The maximum atomic E-state index is 11.9. The highest BCUT2D eigenvalue weighted by Crippen LogP contribution is 2.14. The fourth-order valence-corrected chi connectivity index (χ4v) is 2.85. The van der Waals surface area contributed by atoms with Crippen molar-refractivity contribution in [1.82, 2.24) is 10.4 Å². The molecule has 1 N–H and O–H groups in total. The van der Waals surface area contributed by atoms with Crippen LogP contribution in [0.15, 0.2) is 34.7 Å². The predicted molar refractivity (Wildman–Crippen MR) is 102 cm³/mol. The summed E-state index contributed by atoms with van der Waals surface area (Å²) in [5.41, 5.74) is 5.21. The number of hydrogen-bond donors (Lipinski definition) is 1. The van der Waals surface area contributed by atoms with Crippen LogP contribution in [0.2, 0.25) is 0 Å². The van der Waals surface area contributed by atoms with Gasteiger partial charge in [0.2, 0.25) is 5.91 Å². The summed E-state index contributed by atoms with van der Waals surface area (Å²) in [7, 11) is 0. The summed E-state index contributed by atoms with van der Waals surface area (Å²) in [6, 6.07) is 7.74. The summed E-state index contributed by atoms with van der Waals surface area (Å²) in [6.45, 7) is 8.85. The average Bonchev–Trinajstić information content (AvgIpc) is 2.98. The fourth-order valence-electron chi connectivity index (χ4n) is 2.08. The monoisotopic (exact) mass is 359 g/mol. The minimum Gasteiger partial charge on any atom is -0.494 e. The lowest BCUT2D eigenvalue weighted by atomic mass is 10.1. The molecule has 0 aliphatic carbocycles. The molecule has 0 spiro atoms. The van der Waals surface area contributed by atoms with E-state index in [9.17, 15) is 4.79 Å². The van der Waals surface area contributed by atoms with Gasteiger partial charge in [-0.3, -0.25) is 4.79 Å². The third-order valence-electron chi connectivity index (χ3n) is 3.56. The first-order valence-electron chi connectivity index (χ1n) is 8.41. The summed E-state index contributed by atoms with van der Waals surface area (Å²) >= 11 is 1.48. The lowest BCUT2D eigenvalue weighted by Crippen LogP contribution is -2.21. The van der Waals surface area contributed by atoms with Gasteiger partial charge < -0.3 is 4.74 Å². The van der Waals surface area contributed by atoms with Crippen LogP contribution in [0.3, 0.4) is 0 Å². The largest absolute Gasteiger partial charge is 0.494 e. The van der Waals surface area contributed by atoms with Crippen molar-refractivity contribution in [3.63, 3.8) is 0 Å². The van der Waals surface area contributed by atoms with Gasteiger partial charge in [-0.25, -0.2) is 10.4 Å². The molecule has 0 atom stereocenters. The van der Waals surface area contributed by atoms with Crippen molar-refractivity contribution in [1.29, 1.82) is 0 Å². The summed E-state index contributed by atoms with van der Waals surface area (Å²) in [6.07, 6.45) is 1.28. The van der Waals surface area contributed by atoms with Crippen LogP contribution in [-0.2, 0) is 11.2 Å². The highest BCUT2D eigenvalue weighted by molar-refractivity contribution is 7.09. The first kappa shape index (κ1) is 19.1. The maximum absolute atomic E-state index is 11.9. The molecule has 1 heterocycles. The molecule has 0 saturated heterocycles. The van der Waals surface area contributed by atoms with Crippen molar-refractivity contribution < 1.29 is 9.53 Å². The van der Waals surface area contributed by atoms with Gasteiger partial charge in [-0.1, -0.05) is 13.8 Å². The van der Waals surface area contributed by atoms with Crippen molar-refractivity contribution in [2.24, 2.45) is 11.0 Å². The smallest absolute Gasteiger partial charge is 0.246 e. The third-order valence-corrected chi connectivity index (χ3v) is 4.53. The Bertz CT molecular complexity index is 721. The molecule has 0 saturated carbocycles. The van der Waals surface area contributed by atoms with Crippen LogP contribution >= 0.6 is 11.3 Å². The number of carbonyl (C=O) groups excluding carboxylic acids is 1. The maximum Gasteiger partial charge on any atom is 0.246 e. The molecule has 1 aromatic carbocycles. The number of amides is 1. The molecule has 0 radical (unpaired) electrons. The van der Waals surface area contributed by atoms with E-state index in [-0.39, 0.29) is 12.3 Å². The summed E-state index contributed by atoms with van der Waals surface area (Å²) in [4.78, 5) is 16.2. The zero-order valence-electron chi connectivity index (χ0n) is 15.2. The summed E-state index contributed by atoms with van der Waals surface area (Å²) < 4.78 is 5.70. The molecule has 25 heavy (non-hydrogen) atoms. The second-order valence-electron chi connectivity index (χ2n) is 6.35. The molecule has 5 nitrogen and oxygen atoms in total. The van der Waals surface area contributed by atoms with E-state index in [1.54, 1.807) is 0 Å². The van der Waals surface area contributed by atoms with Crippen molar-refractivity contribution in [2.75, 3.05) is 6.61 Å². The van der Waals surface area contributed by atoms with E-state index in [0.29, 0.717) is 5.92 Å². The Hall–Kier alpha value is -2.21. The van der Waals surface area contributed by atoms with E-state index in [1.807, 2.05) is 43.5 Å². The van der Waals surface area contributed by atoms with E-state index < -0.39 is 0 Å². The number of thiazole rings is 1. The van der Waals surface area contributed by atoms with E-state index >= 15 is 0 Å². The molecule has 0 bridgehead atoms. The van der Waals surface area contributed by atoms with Crippen LogP contribution in [0.4, 0.5) is 0 Å². The van der Waals surface area contributed by atoms with Crippen molar-refractivity contribution in [2.45, 2.75) is 40.5 Å². The number of aromatic nitrogens is 1. The molecule has 1 amide bonds. The van der Waals surface area contributed by atoms with Gasteiger partial charge in [-0.05, 0) is 56.0 Å². The number of carbonyl (C=O) groups is 1. The second kappa shape index (κ2) is 9.32. The Morgan fingerprint density at radius 1 is 1.32 bits per heavy atom. The Balaban J connectivity index is 1.85. The van der Waals surface area contributed by atoms with Crippen LogP contribution in [0.25, 0.3) is 0 Å². The summed E-state index contributed by atoms with van der Waals surface area (Å²) in [5, 5.41) is 6.89. The van der Waals surface area contributed by atoms with Gasteiger partial charge in [-0.2, -0.15) is 5.10 Å². The van der Waals surface area contributed by atoms with Crippen molar-refractivity contribution in [3.05, 3.63) is 45.9 Å². The normalized spacial score (nSPS) is 11.6. The van der Waals surface area contributed by atoms with Gasteiger partial charge in [0.15, 0.2) is 0 Å². The molecular weight excluding hydrogens is 334 g/mol. The quantitative estimate of drug-likeness (QED) is 0.573. The van der Waals surface area contributed by atoms with Gasteiger partial charge in [-0.15, -0.1) is 11.3 Å². The minimum atomic E-state index is -0.165. The number of nitrogens with one attached hydrogen (secondary N) is 1. The minimum absolute atomic E-state index is 0.165. The number of ether oxygens (including phenoxy) is 1. The standard InChI is InChI=1S/C19H25N3O2S/c1-13(2)9-10-24-17-7-5-16(6-8-17)15(4)21-22-18(23)11-19-20-14(3)12-25-19/h5-8,12-13H,9-11H2,1-4H3,(H,22,23)/b21-15-. The number of hydrogen-bond acceptors (Lipinski definition) is 5. The van der Waals surface area contributed by atoms with Crippen LogP contribution in [0.5, 0.6) is 5.75 Å². The zero-order valence-corrected chi connectivity index (χ0v) is 16.0. The highest BCUT2D eigenvalue weighted by Gasteiger charge is 2.06. The Morgan fingerprint density at radius 2 is 2.04 bits per heavy atom. The SMILES string of the molecule is C/C(=N/NC(=O)Cc1nc(C)cs1)c1ccc(OCCC(C)C)cc1. The van der Waals surface area contributed by atoms with Crippen molar-refractivity contribution >= 4 is 23.0 Å². The number of benzene rings is 1. The van der Waals surface area contributed by atoms with Gasteiger partial charge in [0.05, 0.1) is 18.7 Å². The lowest BCUT2D eigenvalue weighted by Gasteiger charge is -2.09. The van der Waals surface area contributed by atoms with Gasteiger partial charge in [0, 0.05) is 11.1 Å². The number of rotatable bonds is 8. The molecular formula is C19H25N3O2S. The van der Waals surface area contributed by atoms with Crippen LogP contribution < -0.4 is 10.2 Å². The lowest BCUT2D eigenvalue weighted by molar-refractivity contribution is -0.120. The van der Waals surface area contributed by atoms with Crippen molar-refractivity contribution in [3.8, 4) is 5.75 Å². The summed E-state index contributed by atoms with van der Waals surface area (Å²) in [5.74, 6) is 1.31. The highest BCUT2D eigenvalue weighted by atomic mass is 32.1. The van der Waals surface area contributed by atoms with Gasteiger partial charge in [0.25, 0.3) is 0 Å². The molecule has 1 aromatic heterocycles. The van der Waals surface area contributed by atoms with Crippen LogP contribution in [-0.4, -0.2) is 23.2 Å². The van der Waals surface area contributed by atoms with Gasteiger partial charge >= 0.3 is 0 Å². The molecule has 6 heteroatoms. The molecule has 0 unspecified atom stereocenters. The Kier molecular flexibility index (Phi) is 7.13. The first-order chi connectivity index (χ1) is 11.9. The Labute approximate surface area is 153 Å². The molecule has 2 rings (SSSR count). The van der Waals surface area contributed by atoms with E-state index in [1.165, 1.54) is 11.3 Å². The van der Waals surface area contributed by atoms with E-state index in [4.69, 9.17) is 4.74 Å². The molecule has 134 valence electrons. The zero-order chi connectivity index (χ0) is 18.2. The third kappa shape index (κ3) is 6.66. The Morgan fingerprint density at radius 3 is 2.64 bits per heavy atom. The molecule has 2 aromatic rings. The average molecular weight is 359 g/mol. The predicted octanol–water partition coefficient (Wildman–Crippen LogP) is 3.96. The molecule has 0 aliphatic rings. The van der Waals surface area contributed by atoms with Gasteiger partial charge in [0.1, 0.15) is 10.8 Å². The van der Waals surface area contributed by atoms with E-state index in [0.717, 1.165) is 40.8 Å². The number of nitrogens with zero attached hydrogens (tertiary/aromatic N) is 2. The van der Waals surface area contributed by atoms with E-state index in [2.05, 4.69) is 29.4 Å². The second-order valence-corrected chi connectivity index (χ2v) is 7.29. The number of hydrazone groups is 1. The first-order valence-corrected chi connectivity index (χ1v) is 9.29. The number of aryl methyl sites for hydroxylation is 1. The van der Waals surface area contributed by atoms with Crippen LogP contribution in [0.1, 0.15) is 43.5 Å². The van der Waals surface area contributed by atoms with Crippen LogP contribution in [0, 0.1) is 12.8 Å². The fraction of sp³-hybridized carbons (Fsp3) is 0.421.